The van der Waals surface area contributed by atoms with Gasteiger partial charge in [0.25, 0.3) is 0 Å². The zero-order valence-electron chi connectivity index (χ0n) is 27.7. The molecule has 3 nitrogen and oxygen atoms in total. The molecular weight excluding hydrogens is 623 g/mol. The van der Waals surface area contributed by atoms with Crippen molar-refractivity contribution in [2.24, 2.45) is 0 Å². The second kappa shape index (κ2) is 11.9. The second-order valence-corrected chi connectivity index (χ2v) is 12.9. The highest BCUT2D eigenvalue weighted by Gasteiger charge is 2.21. The lowest BCUT2D eigenvalue weighted by atomic mass is 10.00. The highest BCUT2D eigenvalue weighted by molar-refractivity contribution is 6.18. The molecule has 0 N–H and O–H groups in total. The first-order valence-corrected chi connectivity index (χ1v) is 17.2. The third-order valence-electron chi connectivity index (χ3n) is 9.88. The van der Waals surface area contributed by atoms with Crippen LogP contribution in [0, 0.1) is 0 Å². The van der Waals surface area contributed by atoms with E-state index < -0.39 is 0 Å². The lowest BCUT2D eigenvalue weighted by molar-refractivity contribution is 0.664. The summed E-state index contributed by atoms with van der Waals surface area (Å²) < 4.78 is 13.1. The smallest absolute Gasteiger partial charge is 0.137 e. The van der Waals surface area contributed by atoms with Gasteiger partial charge in [0, 0.05) is 27.5 Å². The van der Waals surface area contributed by atoms with Crippen molar-refractivity contribution in [3.05, 3.63) is 188 Å². The average Bonchev–Trinajstić information content (AvgIpc) is 3.75. The summed E-state index contributed by atoms with van der Waals surface area (Å²) in [5.41, 5.74) is 13.6. The minimum atomic E-state index is 0.835. The Bertz CT molecular complexity index is 2820. The van der Waals surface area contributed by atoms with Gasteiger partial charge in [-0.2, -0.15) is 0 Å². The minimum Gasteiger partial charge on any atom is -0.456 e. The van der Waals surface area contributed by atoms with E-state index >= 15 is 0 Å². The largest absolute Gasteiger partial charge is 0.456 e. The van der Waals surface area contributed by atoms with E-state index in [-0.39, 0.29) is 0 Å². The van der Waals surface area contributed by atoms with Gasteiger partial charge in [0.15, 0.2) is 0 Å². The maximum atomic E-state index is 6.58. The molecule has 0 aliphatic carbocycles. The van der Waals surface area contributed by atoms with Crippen LogP contribution >= 0.6 is 0 Å². The van der Waals surface area contributed by atoms with Crippen LogP contribution in [-0.4, -0.2) is 0 Å². The number of nitrogens with zero attached hydrogens (tertiary/aromatic N) is 1. The Kier molecular flexibility index (Phi) is 6.81. The molecule has 0 aliphatic rings. The van der Waals surface area contributed by atoms with E-state index in [1.54, 1.807) is 0 Å². The van der Waals surface area contributed by atoms with Gasteiger partial charge in [-0.3, -0.25) is 0 Å². The van der Waals surface area contributed by atoms with Crippen molar-refractivity contribution in [2.45, 2.75) is 0 Å². The Morgan fingerprint density at radius 2 is 0.765 bits per heavy atom. The van der Waals surface area contributed by atoms with Crippen LogP contribution in [0.5, 0.6) is 0 Å². The lowest BCUT2D eigenvalue weighted by Gasteiger charge is -2.26. The topological polar surface area (TPSA) is 29.5 Å². The van der Waals surface area contributed by atoms with Gasteiger partial charge >= 0.3 is 0 Å². The fourth-order valence-electron chi connectivity index (χ4n) is 7.37. The fraction of sp³-hybridized carbons (Fsp3) is 0. The van der Waals surface area contributed by atoms with Crippen LogP contribution in [0.2, 0.25) is 0 Å². The second-order valence-electron chi connectivity index (χ2n) is 12.9. The maximum Gasteiger partial charge on any atom is 0.137 e. The molecule has 0 saturated heterocycles. The Balaban J connectivity index is 1.08. The van der Waals surface area contributed by atoms with Crippen molar-refractivity contribution >= 4 is 60.9 Å². The van der Waals surface area contributed by atoms with Gasteiger partial charge in [-0.25, -0.2) is 0 Å². The van der Waals surface area contributed by atoms with Crippen molar-refractivity contribution in [3.8, 4) is 33.4 Å². The molecule has 51 heavy (non-hydrogen) atoms. The Hall–Kier alpha value is -6.84. The maximum absolute atomic E-state index is 6.58. The van der Waals surface area contributed by atoms with Crippen molar-refractivity contribution in [1.29, 1.82) is 0 Å². The summed E-state index contributed by atoms with van der Waals surface area (Å²) in [6, 6.07) is 66.1. The molecule has 0 fully saturated rings. The molecular formula is C48H31NO2. The summed E-state index contributed by atoms with van der Waals surface area (Å²) in [5.74, 6) is 0. The summed E-state index contributed by atoms with van der Waals surface area (Å²) in [6.45, 7) is 0. The van der Waals surface area contributed by atoms with Crippen LogP contribution in [0.15, 0.2) is 197 Å². The number of hydrogen-bond acceptors (Lipinski definition) is 3. The molecule has 0 unspecified atom stereocenters. The van der Waals surface area contributed by atoms with Crippen LogP contribution in [0.25, 0.3) is 77.3 Å². The molecule has 10 rings (SSSR count). The van der Waals surface area contributed by atoms with Gasteiger partial charge in [0.1, 0.15) is 22.3 Å². The molecule has 2 aromatic heterocycles. The van der Waals surface area contributed by atoms with Gasteiger partial charge in [-0.1, -0.05) is 127 Å². The third-order valence-corrected chi connectivity index (χ3v) is 9.88. The molecule has 0 aliphatic heterocycles. The van der Waals surface area contributed by atoms with Gasteiger partial charge in [-0.15, -0.1) is 0 Å². The number of anilines is 3. The standard InChI is InChI=1S/C48H31NO2/c1-4-11-32(12-5-1)34-19-21-35(22-20-34)36-23-26-39(27-24-36)49(38-15-8-3-9-16-38)43-17-10-18-44-48(43)42-31-46-41(30-47(42)50-44)40-28-25-37(29-45(40)51-46)33-13-6-2-7-14-33/h1-31H. The quantitative estimate of drug-likeness (QED) is 0.179. The van der Waals surface area contributed by atoms with E-state index in [4.69, 9.17) is 8.83 Å². The summed E-state index contributed by atoms with van der Waals surface area (Å²) in [6.07, 6.45) is 0. The number of benzene rings is 8. The average molecular weight is 654 g/mol. The monoisotopic (exact) mass is 653 g/mol. The number of hydrogen-bond donors (Lipinski definition) is 0. The van der Waals surface area contributed by atoms with Gasteiger partial charge < -0.3 is 13.7 Å². The van der Waals surface area contributed by atoms with Crippen molar-refractivity contribution < 1.29 is 8.83 Å². The van der Waals surface area contributed by atoms with Crippen molar-refractivity contribution in [1.82, 2.24) is 0 Å². The highest BCUT2D eigenvalue weighted by atomic mass is 16.3. The number of fused-ring (bicyclic) bond motifs is 6. The molecule has 2 heterocycles. The van der Waals surface area contributed by atoms with Crippen LogP contribution in [0.1, 0.15) is 0 Å². The van der Waals surface area contributed by atoms with E-state index in [1.165, 1.54) is 27.8 Å². The van der Waals surface area contributed by atoms with Crippen LogP contribution in [0.3, 0.4) is 0 Å². The summed E-state index contributed by atoms with van der Waals surface area (Å²) in [4.78, 5) is 2.31. The summed E-state index contributed by atoms with van der Waals surface area (Å²) >= 11 is 0. The SMILES string of the molecule is c1ccc(-c2ccc(-c3ccc(N(c4ccccc4)c4cccc5oc6cc7c(cc6c45)oc4cc(-c5ccccc5)ccc47)cc3)cc2)cc1. The third kappa shape index (κ3) is 5.06. The van der Waals surface area contributed by atoms with Gasteiger partial charge in [0.2, 0.25) is 0 Å². The molecule has 3 heteroatoms. The molecule has 0 atom stereocenters. The molecule has 0 bridgehead atoms. The first-order chi connectivity index (χ1) is 25.3. The van der Waals surface area contributed by atoms with E-state index in [9.17, 15) is 0 Å². The zero-order valence-corrected chi connectivity index (χ0v) is 27.7. The van der Waals surface area contributed by atoms with Crippen molar-refractivity contribution in [2.75, 3.05) is 4.90 Å². The molecule has 0 saturated carbocycles. The first kappa shape index (κ1) is 29.1. The predicted molar refractivity (Wildman–Crippen MR) is 212 cm³/mol. The Labute approximate surface area is 295 Å². The van der Waals surface area contributed by atoms with E-state index in [0.29, 0.717) is 0 Å². The predicted octanol–water partition coefficient (Wildman–Crippen LogP) is 14.0. The molecule has 0 radical (unpaired) electrons. The van der Waals surface area contributed by atoms with E-state index in [2.05, 4.69) is 187 Å². The molecule has 0 amide bonds. The van der Waals surface area contributed by atoms with Crippen LogP contribution < -0.4 is 4.90 Å². The van der Waals surface area contributed by atoms with E-state index in [0.717, 1.165) is 66.5 Å². The Morgan fingerprint density at radius 3 is 1.43 bits per heavy atom. The minimum absolute atomic E-state index is 0.835. The van der Waals surface area contributed by atoms with Crippen molar-refractivity contribution in [3.63, 3.8) is 0 Å². The number of furan rings is 2. The van der Waals surface area contributed by atoms with Gasteiger partial charge in [0.05, 0.1) is 11.1 Å². The molecule has 10 aromatic rings. The summed E-state index contributed by atoms with van der Waals surface area (Å²) in [7, 11) is 0. The number of rotatable bonds is 6. The lowest BCUT2D eigenvalue weighted by Crippen LogP contribution is -2.10. The molecule has 0 spiro atoms. The highest BCUT2D eigenvalue weighted by Crippen LogP contribution is 2.45. The number of para-hydroxylation sites is 1. The Morgan fingerprint density at radius 1 is 0.294 bits per heavy atom. The zero-order chi connectivity index (χ0) is 33.7. The fourth-order valence-corrected chi connectivity index (χ4v) is 7.37. The summed E-state index contributed by atoms with van der Waals surface area (Å²) in [5, 5.41) is 4.19. The molecule has 240 valence electrons. The van der Waals surface area contributed by atoms with Gasteiger partial charge in [-0.05, 0) is 94.0 Å². The normalized spacial score (nSPS) is 11.5. The van der Waals surface area contributed by atoms with E-state index in [1.807, 2.05) is 6.07 Å². The first-order valence-electron chi connectivity index (χ1n) is 17.2. The van der Waals surface area contributed by atoms with Crippen LogP contribution in [-0.2, 0) is 0 Å². The molecule has 8 aromatic carbocycles. The van der Waals surface area contributed by atoms with Crippen LogP contribution in [0.4, 0.5) is 17.1 Å².